The number of anilines is 2. The molecule has 0 bridgehead atoms. The summed E-state index contributed by atoms with van der Waals surface area (Å²) in [6.07, 6.45) is 8.62. The van der Waals surface area contributed by atoms with E-state index < -0.39 is 0 Å². The zero-order valence-corrected chi connectivity index (χ0v) is 13.9. The minimum absolute atomic E-state index is 0.530. The minimum atomic E-state index is 0.530. The van der Waals surface area contributed by atoms with Crippen LogP contribution in [0.15, 0.2) is 37.1 Å². The average molecular weight is 336 g/mol. The van der Waals surface area contributed by atoms with Gasteiger partial charge in [0.1, 0.15) is 0 Å². The molecule has 1 heterocycles. The lowest BCUT2D eigenvalue weighted by Gasteiger charge is -2.11. The van der Waals surface area contributed by atoms with Crippen molar-refractivity contribution in [3.8, 4) is 0 Å². The van der Waals surface area contributed by atoms with Crippen molar-refractivity contribution in [2.45, 2.75) is 13.3 Å². The summed E-state index contributed by atoms with van der Waals surface area (Å²) in [6, 6.07) is 3.38. The summed E-state index contributed by atoms with van der Waals surface area (Å²) >= 11 is 12.3. The van der Waals surface area contributed by atoms with Gasteiger partial charge in [0.2, 0.25) is 0 Å². The Bertz CT molecular complexity index is 679. The number of benzene rings is 1. The second kappa shape index (κ2) is 7.43. The Kier molecular flexibility index (Phi) is 5.58. The lowest BCUT2D eigenvalue weighted by molar-refractivity contribution is 1.02. The number of nitrogens with two attached hydrogens (primary N) is 1. The number of H-pyrrole nitrogens is 1. The number of nitrogen functional groups attached to an aromatic ring is 1. The molecule has 3 nitrogen and oxygen atoms in total. The first-order valence-corrected chi connectivity index (χ1v) is 7.73. The SMILES string of the molecule is C=C/C=C\c1c(CCNc2c(Cl)cc(N)cc2Cl)c[nH]c1C. The molecule has 0 aliphatic heterocycles. The first-order valence-electron chi connectivity index (χ1n) is 6.97. The molecule has 1 aromatic heterocycles. The molecule has 4 N–H and O–H groups in total. The fourth-order valence-corrected chi connectivity index (χ4v) is 2.92. The molecule has 1 aromatic carbocycles. The van der Waals surface area contributed by atoms with Crippen molar-refractivity contribution in [3.05, 3.63) is 63.9 Å². The van der Waals surface area contributed by atoms with E-state index in [1.807, 2.05) is 19.2 Å². The molecule has 0 fully saturated rings. The van der Waals surface area contributed by atoms with Crippen molar-refractivity contribution in [2.75, 3.05) is 17.6 Å². The van der Waals surface area contributed by atoms with Crippen molar-refractivity contribution < 1.29 is 0 Å². The quantitative estimate of drug-likeness (QED) is 0.510. The molecule has 0 aliphatic rings. The molecule has 0 radical (unpaired) electrons. The van der Waals surface area contributed by atoms with Gasteiger partial charge in [-0.15, -0.1) is 0 Å². The molecule has 22 heavy (non-hydrogen) atoms. The molecular weight excluding hydrogens is 317 g/mol. The third kappa shape index (κ3) is 3.87. The van der Waals surface area contributed by atoms with Gasteiger partial charge in [-0.3, -0.25) is 0 Å². The van der Waals surface area contributed by atoms with Crippen LogP contribution in [0.1, 0.15) is 16.8 Å². The summed E-state index contributed by atoms with van der Waals surface area (Å²) in [5, 5.41) is 4.33. The maximum absolute atomic E-state index is 6.17. The average Bonchev–Trinajstić information content (AvgIpc) is 2.80. The van der Waals surface area contributed by atoms with Crippen LogP contribution in [-0.4, -0.2) is 11.5 Å². The number of aromatic nitrogens is 1. The molecule has 0 amide bonds. The smallest absolute Gasteiger partial charge is 0.0720 e. The van der Waals surface area contributed by atoms with E-state index in [9.17, 15) is 0 Å². The number of allylic oxidation sites excluding steroid dienone is 2. The highest BCUT2D eigenvalue weighted by Crippen LogP contribution is 2.32. The molecule has 2 aromatic rings. The van der Waals surface area contributed by atoms with Crippen LogP contribution in [0, 0.1) is 6.92 Å². The van der Waals surface area contributed by atoms with Crippen LogP contribution in [0.5, 0.6) is 0 Å². The first kappa shape index (κ1) is 16.5. The Morgan fingerprint density at radius 2 is 2.00 bits per heavy atom. The monoisotopic (exact) mass is 335 g/mol. The highest BCUT2D eigenvalue weighted by molar-refractivity contribution is 6.39. The summed E-state index contributed by atoms with van der Waals surface area (Å²) in [5.74, 6) is 0. The van der Waals surface area contributed by atoms with Crippen molar-refractivity contribution >= 4 is 40.7 Å². The van der Waals surface area contributed by atoms with Crippen LogP contribution in [-0.2, 0) is 6.42 Å². The number of rotatable bonds is 6. The standard InChI is InChI=1S/C17H19Cl2N3/c1-3-4-5-14-11(2)22-10-12(14)6-7-21-17-15(18)8-13(20)9-16(17)19/h3-5,8-10,21-22H,1,6-7,20H2,2H3/b5-4-. The molecule has 0 spiro atoms. The number of hydrogen-bond donors (Lipinski definition) is 3. The topological polar surface area (TPSA) is 53.8 Å². The lowest BCUT2D eigenvalue weighted by atomic mass is 10.1. The van der Waals surface area contributed by atoms with Crippen LogP contribution < -0.4 is 11.1 Å². The number of hydrogen-bond acceptors (Lipinski definition) is 2. The fraction of sp³-hybridized carbons (Fsp3) is 0.176. The molecular formula is C17H19Cl2N3. The van der Waals surface area contributed by atoms with Gasteiger partial charge in [-0.1, -0.05) is 48.0 Å². The van der Waals surface area contributed by atoms with Gasteiger partial charge < -0.3 is 16.0 Å². The van der Waals surface area contributed by atoms with E-state index in [1.54, 1.807) is 18.2 Å². The van der Waals surface area contributed by atoms with Gasteiger partial charge in [0.05, 0.1) is 15.7 Å². The van der Waals surface area contributed by atoms with Gasteiger partial charge >= 0.3 is 0 Å². The Morgan fingerprint density at radius 3 is 2.64 bits per heavy atom. The number of aryl methyl sites for hydroxylation is 1. The molecule has 0 saturated heterocycles. The summed E-state index contributed by atoms with van der Waals surface area (Å²) in [4.78, 5) is 3.24. The lowest BCUT2D eigenvalue weighted by Crippen LogP contribution is -2.06. The maximum Gasteiger partial charge on any atom is 0.0720 e. The van der Waals surface area contributed by atoms with Gasteiger partial charge in [-0.25, -0.2) is 0 Å². The van der Waals surface area contributed by atoms with Crippen LogP contribution in [0.25, 0.3) is 6.08 Å². The largest absolute Gasteiger partial charge is 0.399 e. The maximum atomic E-state index is 6.17. The summed E-state index contributed by atoms with van der Waals surface area (Å²) in [5.41, 5.74) is 10.5. The fourth-order valence-electron chi connectivity index (χ4n) is 2.28. The van der Waals surface area contributed by atoms with Crippen molar-refractivity contribution in [1.82, 2.24) is 4.98 Å². The third-order valence-electron chi connectivity index (χ3n) is 3.37. The zero-order valence-electron chi connectivity index (χ0n) is 12.4. The Hall–Kier alpha value is -1.84. The van der Waals surface area contributed by atoms with Crippen molar-refractivity contribution in [1.29, 1.82) is 0 Å². The second-order valence-electron chi connectivity index (χ2n) is 4.98. The molecule has 116 valence electrons. The van der Waals surface area contributed by atoms with Gasteiger partial charge in [-0.05, 0) is 36.6 Å². The first-order chi connectivity index (χ1) is 10.5. The minimum Gasteiger partial charge on any atom is -0.399 e. The van der Waals surface area contributed by atoms with Crippen LogP contribution in [0.3, 0.4) is 0 Å². The van der Waals surface area contributed by atoms with Crippen molar-refractivity contribution in [2.24, 2.45) is 0 Å². The highest BCUT2D eigenvalue weighted by atomic mass is 35.5. The van der Waals surface area contributed by atoms with Crippen LogP contribution in [0.4, 0.5) is 11.4 Å². The zero-order chi connectivity index (χ0) is 16.1. The van der Waals surface area contributed by atoms with Crippen LogP contribution in [0.2, 0.25) is 10.0 Å². The Morgan fingerprint density at radius 1 is 1.32 bits per heavy atom. The van der Waals surface area contributed by atoms with E-state index in [1.165, 1.54) is 11.1 Å². The van der Waals surface area contributed by atoms with Gasteiger partial charge in [0.15, 0.2) is 0 Å². The Labute approximate surface area is 140 Å². The highest BCUT2D eigenvalue weighted by Gasteiger charge is 2.08. The molecule has 0 aliphatic carbocycles. The van der Waals surface area contributed by atoms with Gasteiger partial charge in [0.25, 0.3) is 0 Å². The number of aromatic amines is 1. The number of nitrogens with one attached hydrogen (secondary N) is 2. The second-order valence-corrected chi connectivity index (χ2v) is 5.80. The third-order valence-corrected chi connectivity index (χ3v) is 3.97. The summed E-state index contributed by atoms with van der Waals surface area (Å²) < 4.78 is 0. The van der Waals surface area contributed by atoms with E-state index in [0.29, 0.717) is 21.4 Å². The summed E-state index contributed by atoms with van der Waals surface area (Å²) in [7, 11) is 0. The molecule has 0 saturated carbocycles. The Balaban J connectivity index is 2.06. The van der Waals surface area contributed by atoms with E-state index in [0.717, 1.165) is 18.7 Å². The van der Waals surface area contributed by atoms with E-state index >= 15 is 0 Å². The predicted octanol–water partition coefficient (Wildman–Crippen LogP) is 5.07. The number of halogens is 2. The van der Waals surface area contributed by atoms with E-state index in [2.05, 4.69) is 23.0 Å². The van der Waals surface area contributed by atoms with E-state index in [-0.39, 0.29) is 0 Å². The van der Waals surface area contributed by atoms with Gasteiger partial charge in [-0.2, -0.15) is 0 Å². The van der Waals surface area contributed by atoms with Crippen LogP contribution >= 0.6 is 23.2 Å². The molecule has 5 heteroatoms. The predicted molar refractivity (Wildman–Crippen MR) is 97.8 cm³/mol. The molecule has 0 unspecified atom stereocenters. The summed E-state index contributed by atoms with van der Waals surface area (Å²) in [6.45, 7) is 6.47. The molecule has 2 rings (SSSR count). The normalized spacial score (nSPS) is 11.0. The molecule has 0 atom stereocenters. The van der Waals surface area contributed by atoms with Gasteiger partial charge in [0, 0.05) is 24.1 Å². The van der Waals surface area contributed by atoms with E-state index in [4.69, 9.17) is 28.9 Å². The van der Waals surface area contributed by atoms with Crippen molar-refractivity contribution in [3.63, 3.8) is 0 Å².